The van der Waals surface area contributed by atoms with Crippen molar-refractivity contribution < 1.29 is 19.1 Å². The molecule has 0 bridgehead atoms. The van der Waals surface area contributed by atoms with Gasteiger partial charge in [-0.05, 0) is 33.9 Å². The Balaban J connectivity index is 0. The normalized spacial score (nSPS) is 10.6. The van der Waals surface area contributed by atoms with E-state index in [0.717, 1.165) is 13.1 Å². The second kappa shape index (κ2) is 12.9. The highest BCUT2D eigenvalue weighted by molar-refractivity contribution is 5.87. The summed E-state index contributed by atoms with van der Waals surface area (Å²) in [6.07, 6.45) is -1.34. The zero-order valence-corrected chi connectivity index (χ0v) is 12.5. The van der Waals surface area contributed by atoms with Gasteiger partial charge >= 0.3 is 12.1 Å². The second-order valence-electron chi connectivity index (χ2n) is 3.65. The highest BCUT2D eigenvalue weighted by Gasteiger charge is 2.12. The summed E-state index contributed by atoms with van der Waals surface area (Å²) in [4.78, 5) is 21.8. The van der Waals surface area contributed by atoms with E-state index < -0.39 is 18.3 Å². The molecule has 6 nitrogen and oxygen atoms in total. The molecule has 6 heteroatoms. The number of carbonyl (C=O) groups is 2. The fourth-order valence-electron chi connectivity index (χ4n) is 0.879. The van der Waals surface area contributed by atoms with Crippen LogP contribution in [-0.4, -0.2) is 38.0 Å². The molecular formula is C13H26N2O4. The lowest BCUT2D eigenvalue weighted by molar-refractivity contribution is -0.144. The van der Waals surface area contributed by atoms with E-state index in [9.17, 15) is 9.59 Å². The lowest BCUT2D eigenvalue weighted by atomic mass is 10.4. The van der Waals surface area contributed by atoms with E-state index in [1.807, 2.05) is 0 Å². The molecule has 0 aromatic rings. The van der Waals surface area contributed by atoms with Crippen molar-refractivity contribution in [3.8, 4) is 0 Å². The van der Waals surface area contributed by atoms with Crippen LogP contribution in [0.2, 0.25) is 0 Å². The molecule has 0 saturated heterocycles. The molecule has 0 aromatic carbocycles. The molecule has 1 atom stereocenters. The van der Waals surface area contributed by atoms with Crippen LogP contribution in [0.1, 0.15) is 34.6 Å². The number of carbonyl (C=O) groups excluding carboxylic acids is 2. The number of rotatable bonds is 6. The first-order chi connectivity index (χ1) is 8.88. The molecule has 2 N–H and O–H groups in total. The minimum Gasteiger partial charge on any atom is -0.450 e. The van der Waals surface area contributed by atoms with Gasteiger partial charge in [-0.15, -0.1) is 0 Å². The summed E-state index contributed by atoms with van der Waals surface area (Å²) >= 11 is 0. The highest BCUT2D eigenvalue weighted by Crippen LogP contribution is 1.96. The van der Waals surface area contributed by atoms with Crippen LogP contribution >= 0.6 is 0 Å². The van der Waals surface area contributed by atoms with E-state index in [0.29, 0.717) is 0 Å². The van der Waals surface area contributed by atoms with Gasteiger partial charge in [0.15, 0.2) is 6.23 Å². The van der Waals surface area contributed by atoms with Crippen molar-refractivity contribution in [1.29, 1.82) is 0 Å². The molecule has 112 valence electrons. The topological polar surface area (TPSA) is 76.7 Å². The van der Waals surface area contributed by atoms with E-state index in [2.05, 4.69) is 35.8 Å². The van der Waals surface area contributed by atoms with Crippen molar-refractivity contribution in [3.63, 3.8) is 0 Å². The molecule has 0 rings (SSSR count). The van der Waals surface area contributed by atoms with Crippen molar-refractivity contribution >= 4 is 12.1 Å². The van der Waals surface area contributed by atoms with Crippen molar-refractivity contribution in [3.05, 3.63) is 12.2 Å². The molecule has 0 aromatic heterocycles. The number of nitrogens with one attached hydrogen (secondary N) is 2. The Bertz CT molecular complexity index is 278. The van der Waals surface area contributed by atoms with Crippen LogP contribution in [0.15, 0.2) is 12.2 Å². The molecule has 0 aliphatic rings. The number of amides is 1. The average Bonchev–Trinajstić information content (AvgIpc) is 2.30. The highest BCUT2D eigenvalue weighted by atomic mass is 16.6. The Hall–Kier alpha value is -1.56. The number of hydrogen-bond donors (Lipinski definition) is 2. The van der Waals surface area contributed by atoms with Gasteiger partial charge in [-0.3, -0.25) is 5.32 Å². The van der Waals surface area contributed by atoms with Gasteiger partial charge in [-0.25, -0.2) is 9.59 Å². The summed E-state index contributed by atoms with van der Waals surface area (Å²) in [6.45, 7) is 14.8. The third-order valence-electron chi connectivity index (χ3n) is 1.73. The summed E-state index contributed by atoms with van der Waals surface area (Å²) in [5.41, 5.74) is 0.280. The maximum Gasteiger partial charge on any atom is 0.409 e. The quantitative estimate of drug-likeness (QED) is 0.439. The first-order valence-electron chi connectivity index (χ1n) is 6.39. The first-order valence-corrected chi connectivity index (χ1v) is 6.39. The molecule has 0 aliphatic heterocycles. The van der Waals surface area contributed by atoms with Crippen LogP contribution in [0, 0.1) is 0 Å². The van der Waals surface area contributed by atoms with Crippen molar-refractivity contribution in [1.82, 2.24) is 10.6 Å². The van der Waals surface area contributed by atoms with Crippen molar-refractivity contribution in [2.75, 3.05) is 19.7 Å². The van der Waals surface area contributed by atoms with E-state index >= 15 is 0 Å². The Morgan fingerprint density at radius 2 is 1.74 bits per heavy atom. The molecule has 0 spiro atoms. The third-order valence-corrected chi connectivity index (χ3v) is 1.73. The minimum absolute atomic E-state index is 0.271. The second-order valence-corrected chi connectivity index (χ2v) is 3.65. The molecule has 19 heavy (non-hydrogen) atoms. The van der Waals surface area contributed by atoms with Crippen LogP contribution in [0.25, 0.3) is 0 Å². The van der Waals surface area contributed by atoms with Gasteiger partial charge in [0.1, 0.15) is 0 Å². The maximum atomic E-state index is 11.0. The molecule has 1 unspecified atom stereocenters. The van der Waals surface area contributed by atoms with Gasteiger partial charge < -0.3 is 14.8 Å². The Kier molecular flexibility index (Phi) is 13.4. The van der Waals surface area contributed by atoms with Crippen LogP contribution in [0.5, 0.6) is 0 Å². The molecule has 0 radical (unpaired) electrons. The zero-order chi connectivity index (χ0) is 15.3. The summed E-state index contributed by atoms with van der Waals surface area (Å²) in [7, 11) is 0. The third kappa shape index (κ3) is 14.4. The summed E-state index contributed by atoms with van der Waals surface area (Å²) in [6, 6.07) is 0. The largest absolute Gasteiger partial charge is 0.450 e. The van der Waals surface area contributed by atoms with Crippen molar-refractivity contribution in [2.45, 2.75) is 40.8 Å². The number of esters is 1. The fraction of sp³-hybridized carbons (Fsp3) is 0.692. The van der Waals surface area contributed by atoms with E-state index in [1.165, 1.54) is 13.8 Å². The minimum atomic E-state index is -0.724. The molecular weight excluding hydrogens is 248 g/mol. The van der Waals surface area contributed by atoms with Gasteiger partial charge in [0.2, 0.25) is 0 Å². The van der Waals surface area contributed by atoms with Gasteiger partial charge in [-0.2, -0.15) is 0 Å². The van der Waals surface area contributed by atoms with Crippen LogP contribution in [0.4, 0.5) is 4.79 Å². The number of alkyl carbamates (subject to hydrolysis) is 1. The predicted molar refractivity (Wildman–Crippen MR) is 74.7 cm³/mol. The smallest absolute Gasteiger partial charge is 0.409 e. The molecule has 0 aliphatic carbocycles. The molecule has 0 heterocycles. The molecule has 1 amide bonds. The van der Waals surface area contributed by atoms with Gasteiger partial charge in [0, 0.05) is 5.57 Å². The van der Waals surface area contributed by atoms with Crippen molar-refractivity contribution in [2.24, 2.45) is 0 Å². The standard InChI is InChI=1S/C9H15NO4.C4H11N/c1-5-13-9(12)10-7(4)14-8(11)6(2)3;1-3-5-4-2/h7H,2,5H2,1,3-4H3,(H,10,12);5H,3-4H2,1-2H3. The Morgan fingerprint density at radius 3 is 2.05 bits per heavy atom. The van der Waals surface area contributed by atoms with Gasteiger partial charge in [0.05, 0.1) is 6.61 Å². The summed E-state index contributed by atoms with van der Waals surface area (Å²) in [5, 5.41) is 5.43. The average molecular weight is 274 g/mol. The first kappa shape index (κ1) is 19.8. The summed E-state index contributed by atoms with van der Waals surface area (Å²) in [5.74, 6) is -0.547. The number of ether oxygens (including phenoxy) is 2. The van der Waals surface area contributed by atoms with Crippen LogP contribution in [-0.2, 0) is 14.3 Å². The Morgan fingerprint density at radius 1 is 1.21 bits per heavy atom. The lowest BCUT2D eigenvalue weighted by Gasteiger charge is -2.14. The SMILES string of the molecule is C=C(C)C(=O)OC(C)NC(=O)OCC.CCNCC. The number of hydrogen-bond acceptors (Lipinski definition) is 5. The molecule has 0 saturated carbocycles. The van der Waals surface area contributed by atoms with E-state index in [1.54, 1.807) is 6.92 Å². The van der Waals surface area contributed by atoms with Crippen LogP contribution < -0.4 is 10.6 Å². The predicted octanol–water partition coefficient (Wildman–Crippen LogP) is 1.81. The summed E-state index contributed by atoms with van der Waals surface area (Å²) < 4.78 is 9.37. The van der Waals surface area contributed by atoms with E-state index in [4.69, 9.17) is 4.74 Å². The lowest BCUT2D eigenvalue weighted by Crippen LogP contribution is -2.36. The maximum absolute atomic E-state index is 11.0. The molecule has 0 fully saturated rings. The van der Waals surface area contributed by atoms with Crippen LogP contribution in [0.3, 0.4) is 0 Å². The zero-order valence-electron chi connectivity index (χ0n) is 12.5. The van der Waals surface area contributed by atoms with Gasteiger partial charge in [-0.1, -0.05) is 20.4 Å². The monoisotopic (exact) mass is 274 g/mol. The van der Waals surface area contributed by atoms with Gasteiger partial charge in [0.25, 0.3) is 0 Å². The Labute approximate surface area is 115 Å². The van der Waals surface area contributed by atoms with E-state index in [-0.39, 0.29) is 12.2 Å². The fourth-order valence-corrected chi connectivity index (χ4v) is 0.879.